The highest BCUT2D eigenvalue weighted by atomic mass is 35.5. The Balaban J connectivity index is 2.00. The highest BCUT2D eigenvalue weighted by Gasteiger charge is 2.23. The summed E-state index contributed by atoms with van der Waals surface area (Å²) in [6.45, 7) is 0. The molecule has 0 amide bonds. The smallest absolute Gasteiger partial charge is 0.350 e. The lowest BCUT2D eigenvalue weighted by Crippen LogP contribution is -2.11. The van der Waals surface area contributed by atoms with E-state index in [4.69, 9.17) is 37.2 Å². The van der Waals surface area contributed by atoms with Gasteiger partial charge in [0.2, 0.25) is 0 Å². The number of hydrogen-bond donors (Lipinski definition) is 0. The number of carbonyl (C=O) groups is 1. The van der Waals surface area contributed by atoms with Crippen LogP contribution in [0.3, 0.4) is 0 Å². The van der Waals surface area contributed by atoms with E-state index in [-0.39, 0.29) is 27.2 Å². The topological polar surface area (TPSA) is 61.6 Å². The number of hydrogen-bond acceptors (Lipinski definition) is 5. The zero-order valence-corrected chi connectivity index (χ0v) is 12.8. The molecule has 1 heterocycles. The lowest BCUT2D eigenvalue weighted by atomic mass is 10.2. The van der Waals surface area contributed by atoms with Crippen LogP contribution in [0, 0.1) is 0 Å². The maximum atomic E-state index is 12.4. The molecule has 3 rings (SSSR count). The Bertz CT molecular complexity index is 860. The molecule has 22 heavy (non-hydrogen) atoms. The van der Waals surface area contributed by atoms with E-state index in [2.05, 4.69) is 5.16 Å². The van der Waals surface area contributed by atoms with Crippen LogP contribution in [0.25, 0.3) is 11.0 Å². The van der Waals surface area contributed by atoms with Crippen LogP contribution < -0.4 is 9.47 Å². The number of aromatic nitrogens is 1. The van der Waals surface area contributed by atoms with Crippen LogP contribution >= 0.6 is 23.2 Å². The number of ether oxygens (including phenoxy) is 2. The quantitative estimate of drug-likeness (QED) is 0.664. The second-order valence-electron chi connectivity index (χ2n) is 4.31. The number of halogens is 2. The minimum Gasteiger partial charge on any atom is -0.494 e. The van der Waals surface area contributed by atoms with E-state index in [0.29, 0.717) is 11.0 Å². The predicted octanol–water partition coefficient (Wildman–Crippen LogP) is 4.36. The van der Waals surface area contributed by atoms with Crippen molar-refractivity contribution >= 4 is 40.1 Å². The van der Waals surface area contributed by atoms with Crippen molar-refractivity contribution in [2.45, 2.75) is 0 Å². The zero-order chi connectivity index (χ0) is 15.7. The molecule has 0 aliphatic heterocycles. The molecule has 0 aliphatic carbocycles. The molecule has 0 spiro atoms. The number of carbonyl (C=O) groups excluding carboxylic acids is 1. The van der Waals surface area contributed by atoms with E-state index in [0.717, 1.165) is 0 Å². The van der Waals surface area contributed by atoms with Crippen LogP contribution in [-0.2, 0) is 0 Å². The van der Waals surface area contributed by atoms with Crippen LogP contribution in [-0.4, -0.2) is 18.2 Å². The molecule has 2 aromatic carbocycles. The molecule has 1 aromatic heterocycles. The zero-order valence-electron chi connectivity index (χ0n) is 11.3. The number of methoxy groups -OCH3 is 1. The van der Waals surface area contributed by atoms with Gasteiger partial charge in [-0.25, -0.2) is 4.79 Å². The lowest BCUT2D eigenvalue weighted by molar-refractivity contribution is 0.0720. The van der Waals surface area contributed by atoms with Gasteiger partial charge in [0.15, 0.2) is 11.3 Å². The van der Waals surface area contributed by atoms with Crippen molar-refractivity contribution < 1.29 is 18.8 Å². The first-order valence-corrected chi connectivity index (χ1v) is 6.96. The van der Waals surface area contributed by atoms with Crippen molar-refractivity contribution in [3.63, 3.8) is 0 Å². The molecule has 0 saturated carbocycles. The summed E-state index contributed by atoms with van der Waals surface area (Å²) in [6, 6.07) is 10.0. The van der Waals surface area contributed by atoms with E-state index in [1.165, 1.54) is 19.2 Å². The summed E-state index contributed by atoms with van der Waals surface area (Å²) in [5.74, 6) is -0.533. The van der Waals surface area contributed by atoms with Crippen molar-refractivity contribution in [3.8, 4) is 11.6 Å². The van der Waals surface area contributed by atoms with Crippen LogP contribution in [0.1, 0.15) is 10.4 Å². The molecule has 0 unspecified atom stereocenters. The lowest BCUT2D eigenvalue weighted by Gasteiger charge is -2.10. The Hall–Kier alpha value is -2.24. The van der Waals surface area contributed by atoms with Gasteiger partial charge in [-0.05, 0) is 29.4 Å². The van der Waals surface area contributed by atoms with Crippen molar-refractivity contribution in [2.24, 2.45) is 0 Å². The Kier molecular flexibility index (Phi) is 3.92. The Labute approximate surface area is 135 Å². The molecule has 0 fully saturated rings. The van der Waals surface area contributed by atoms with Crippen molar-refractivity contribution in [1.29, 1.82) is 0 Å². The monoisotopic (exact) mass is 337 g/mol. The highest BCUT2D eigenvalue weighted by molar-refractivity contribution is 6.37. The van der Waals surface area contributed by atoms with Gasteiger partial charge in [-0.2, -0.15) is 0 Å². The normalized spacial score (nSPS) is 10.7. The van der Waals surface area contributed by atoms with Crippen LogP contribution in [0.4, 0.5) is 0 Å². The maximum Gasteiger partial charge on any atom is 0.350 e. The number of fused-ring (bicyclic) bond motifs is 1. The molecule has 0 atom stereocenters. The number of esters is 1. The Morgan fingerprint density at radius 2 is 1.86 bits per heavy atom. The SMILES string of the molecule is COc1c(Cl)ccc(Cl)c1C(=O)Oc1noc2ccccc12. The van der Waals surface area contributed by atoms with Crippen molar-refractivity contribution in [2.75, 3.05) is 7.11 Å². The second-order valence-corrected chi connectivity index (χ2v) is 5.13. The summed E-state index contributed by atoms with van der Waals surface area (Å²) < 4.78 is 15.5. The predicted molar refractivity (Wildman–Crippen MR) is 82.0 cm³/mol. The van der Waals surface area contributed by atoms with Crippen LogP contribution in [0.2, 0.25) is 10.0 Å². The largest absolute Gasteiger partial charge is 0.494 e. The van der Waals surface area contributed by atoms with Crippen LogP contribution in [0.5, 0.6) is 11.6 Å². The summed E-state index contributed by atoms with van der Waals surface area (Å²) in [4.78, 5) is 12.4. The molecular formula is C15H9Cl2NO4. The van der Waals surface area contributed by atoms with E-state index in [1.54, 1.807) is 24.3 Å². The molecule has 5 nitrogen and oxygen atoms in total. The van der Waals surface area contributed by atoms with Gasteiger partial charge in [0.25, 0.3) is 5.88 Å². The maximum absolute atomic E-state index is 12.4. The molecule has 7 heteroatoms. The third-order valence-electron chi connectivity index (χ3n) is 3.00. The fourth-order valence-electron chi connectivity index (χ4n) is 2.00. The first-order valence-electron chi connectivity index (χ1n) is 6.20. The number of benzene rings is 2. The minimum absolute atomic E-state index is 0.0312. The molecule has 0 bridgehead atoms. The van der Waals surface area contributed by atoms with Gasteiger partial charge in [-0.15, -0.1) is 0 Å². The van der Waals surface area contributed by atoms with E-state index in [1.807, 2.05) is 0 Å². The van der Waals surface area contributed by atoms with Gasteiger partial charge in [-0.3, -0.25) is 0 Å². The summed E-state index contributed by atoms with van der Waals surface area (Å²) in [5.41, 5.74) is 0.540. The second kappa shape index (κ2) is 5.87. The van der Waals surface area contributed by atoms with Crippen LogP contribution in [0.15, 0.2) is 40.9 Å². The number of nitrogens with zero attached hydrogens (tertiary/aromatic N) is 1. The molecule has 0 saturated heterocycles. The van der Waals surface area contributed by atoms with Gasteiger partial charge in [0.05, 0.1) is 22.5 Å². The molecular weight excluding hydrogens is 329 g/mol. The molecule has 112 valence electrons. The third kappa shape index (κ3) is 2.49. The average molecular weight is 338 g/mol. The fraction of sp³-hybridized carbons (Fsp3) is 0.0667. The fourth-order valence-corrected chi connectivity index (χ4v) is 2.46. The van der Waals surface area contributed by atoms with Gasteiger partial charge in [-0.1, -0.05) is 35.3 Å². The van der Waals surface area contributed by atoms with E-state index < -0.39 is 5.97 Å². The third-order valence-corrected chi connectivity index (χ3v) is 3.61. The molecule has 0 aliphatic rings. The van der Waals surface area contributed by atoms with Crippen molar-refractivity contribution in [1.82, 2.24) is 5.16 Å². The van der Waals surface area contributed by atoms with E-state index >= 15 is 0 Å². The first kappa shape index (κ1) is 14.7. The van der Waals surface area contributed by atoms with E-state index in [9.17, 15) is 4.79 Å². The van der Waals surface area contributed by atoms with Gasteiger partial charge >= 0.3 is 5.97 Å². The standard InChI is InChI=1S/C15H9Cl2NO4/c1-20-13-10(17)7-6-9(16)12(13)15(19)21-14-8-4-2-3-5-11(8)22-18-14/h2-7H,1H3. The van der Waals surface area contributed by atoms with Gasteiger partial charge < -0.3 is 14.0 Å². The molecule has 0 N–H and O–H groups in total. The van der Waals surface area contributed by atoms with Gasteiger partial charge in [0, 0.05) is 0 Å². The number of rotatable bonds is 3. The molecule has 0 radical (unpaired) electrons. The Morgan fingerprint density at radius 3 is 2.64 bits per heavy atom. The minimum atomic E-state index is -0.733. The van der Waals surface area contributed by atoms with Gasteiger partial charge in [0.1, 0.15) is 5.56 Å². The summed E-state index contributed by atoms with van der Waals surface area (Å²) in [7, 11) is 1.39. The summed E-state index contributed by atoms with van der Waals surface area (Å²) >= 11 is 12.0. The average Bonchev–Trinajstić information content (AvgIpc) is 2.92. The first-order chi connectivity index (χ1) is 10.6. The summed E-state index contributed by atoms with van der Waals surface area (Å²) in [6.07, 6.45) is 0. The van der Waals surface area contributed by atoms with Crippen molar-refractivity contribution in [3.05, 3.63) is 52.0 Å². The Morgan fingerprint density at radius 1 is 1.14 bits per heavy atom. The summed E-state index contributed by atoms with van der Waals surface area (Å²) in [5, 5.41) is 4.73. The molecule has 3 aromatic rings. The number of para-hydroxylation sites is 1. The highest BCUT2D eigenvalue weighted by Crippen LogP contribution is 2.35.